The van der Waals surface area contributed by atoms with E-state index in [-0.39, 0.29) is 18.4 Å². The molecule has 0 saturated heterocycles. The van der Waals surface area contributed by atoms with E-state index in [0.717, 1.165) is 0 Å². The molecule has 0 fully saturated rings. The number of carbonyl (C=O) groups excluding carboxylic acids is 2. The molecule has 1 N–H and O–H groups in total. The van der Waals surface area contributed by atoms with E-state index >= 15 is 0 Å². The largest absolute Gasteiger partial charge is 0.360 e. The van der Waals surface area contributed by atoms with Crippen LogP contribution in [-0.4, -0.2) is 34.0 Å². The van der Waals surface area contributed by atoms with Crippen molar-refractivity contribution >= 4 is 17.6 Å². The number of carbonyl (C=O) groups is 2. The second-order valence-electron chi connectivity index (χ2n) is 6.30. The number of nitrogens with one attached hydrogen (secondary N) is 1. The first-order valence-corrected chi connectivity index (χ1v) is 7.37. The smallest absolute Gasteiger partial charge is 0.254 e. The van der Waals surface area contributed by atoms with Crippen molar-refractivity contribution in [1.82, 2.24) is 10.1 Å². The van der Waals surface area contributed by atoms with Crippen molar-refractivity contribution in [2.24, 2.45) is 0 Å². The minimum atomic E-state index is -0.496. The van der Waals surface area contributed by atoms with Crippen molar-refractivity contribution < 1.29 is 14.1 Å². The lowest BCUT2D eigenvalue weighted by Gasteiger charge is -2.35. The van der Waals surface area contributed by atoms with E-state index in [0.29, 0.717) is 17.1 Å². The molecule has 0 saturated carbocycles. The van der Waals surface area contributed by atoms with Gasteiger partial charge in [-0.2, -0.15) is 0 Å². The first-order valence-electron chi connectivity index (χ1n) is 7.37. The Morgan fingerprint density at radius 2 is 1.87 bits per heavy atom. The molecule has 0 bridgehead atoms. The summed E-state index contributed by atoms with van der Waals surface area (Å²) in [7, 11) is 0. The molecule has 0 unspecified atom stereocenters. The third-order valence-electron chi connectivity index (χ3n) is 3.27. The van der Waals surface area contributed by atoms with Crippen LogP contribution in [0.2, 0.25) is 0 Å². The van der Waals surface area contributed by atoms with Crippen LogP contribution in [-0.2, 0) is 4.79 Å². The number of benzene rings is 1. The van der Waals surface area contributed by atoms with E-state index in [2.05, 4.69) is 10.5 Å². The van der Waals surface area contributed by atoms with Crippen LogP contribution in [0.5, 0.6) is 0 Å². The molecule has 6 heteroatoms. The molecule has 2 amide bonds. The van der Waals surface area contributed by atoms with Gasteiger partial charge in [-0.1, -0.05) is 23.4 Å². The number of aryl methyl sites for hydroxylation is 1. The molecule has 0 radical (unpaired) electrons. The van der Waals surface area contributed by atoms with Gasteiger partial charge in [0.25, 0.3) is 5.91 Å². The molecule has 1 aromatic carbocycles. The van der Waals surface area contributed by atoms with Crippen molar-refractivity contribution in [3.63, 3.8) is 0 Å². The van der Waals surface area contributed by atoms with Gasteiger partial charge in [0.05, 0.1) is 0 Å². The normalized spacial score (nSPS) is 11.1. The van der Waals surface area contributed by atoms with Gasteiger partial charge in [-0.3, -0.25) is 9.59 Å². The topological polar surface area (TPSA) is 75.4 Å². The number of anilines is 1. The summed E-state index contributed by atoms with van der Waals surface area (Å²) in [6, 6.07) is 10.5. The predicted octanol–water partition coefficient (Wildman–Crippen LogP) is 2.86. The average Bonchev–Trinajstić information content (AvgIpc) is 2.89. The van der Waals surface area contributed by atoms with Crippen molar-refractivity contribution in [3.05, 3.63) is 47.7 Å². The maximum absolute atomic E-state index is 12.7. The summed E-state index contributed by atoms with van der Waals surface area (Å²) in [5, 5.41) is 6.35. The first-order chi connectivity index (χ1) is 10.8. The minimum absolute atomic E-state index is 0.0663. The highest BCUT2D eigenvalue weighted by Crippen LogP contribution is 2.17. The van der Waals surface area contributed by atoms with Gasteiger partial charge in [-0.05, 0) is 39.8 Å². The van der Waals surface area contributed by atoms with Crippen LogP contribution in [0.3, 0.4) is 0 Å². The zero-order valence-electron chi connectivity index (χ0n) is 13.8. The third kappa shape index (κ3) is 4.42. The Hall–Kier alpha value is -2.63. The molecule has 0 aliphatic rings. The van der Waals surface area contributed by atoms with Gasteiger partial charge < -0.3 is 14.7 Å². The number of hydrogen-bond donors (Lipinski definition) is 1. The maximum atomic E-state index is 12.7. The fraction of sp³-hybridized carbons (Fsp3) is 0.353. The average molecular weight is 315 g/mol. The fourth-order valence-electron chi connectivity index (χ4n) is 2.10. The molecule has 0 aliphatic carbocycles. The Morgan fingerprint density at radius 1 is 1.22 bits per heavy atom. The van der Waals surface area contributed by atoms with Gasteiger partial charge >= 0.3 is 0 Å². The predicted molar refractivity (Wildman–Crippen MR) is 87.1 cm³/mol. The Morgan fingerprint density at radius 3 is 2.39 bits per heavy atom. The Balaban J connectivity index is 2.13. The van der Waals surface area contributed by atoms with E-state index in [4.69, 9.17) is 4.52 Å². The van der Waals surface area contributed by atoms with E-state index < -0.39 is 5.54 Å². The molecule has 1 heterocycles. The lowest BCUT2D eigenvalue weighted by Crippen LogP contribution is -2.49. The molecule has 23 heavy (non-hydrogen) atoms. The molecule has 0 spiro atoms. The van der Waals surface area contributed by atoms with Crippen molar-refractivity contribution in [2.45, 2.75) is 33.2 Å². The van der Waals surface area contributed by atoms with Gasteiger partial charge in [0.15, 0.2) is 5.82 Å². The van der Waals surface area contributed by atoms with E-state index in [1.165, 1.54) is 4.90 Å². The molecule has 2 aromatic rings. The van der Waals surface area contributed by atoms with E-state index in [1.807, 2.05) is 26.8 Å². The molecular weight excluding hydrogens is 294 g/mol. The van der Waals surface area contributed by atoms with Crippen LogP contribution >= 0.6 is 0 Å². The summed E-state index contributed by atoms with van der Waals surface area (Å²) in [5.41, 5.74) is 0.0526. The molecule has 6 nitrogen and oxygen atoms in total. The van der Waals surface area contributed by atoms with Crippen LogP contribution in [0.4, 0.5) is 5.82 Å². The van der Waals surface area contributed by atoms with Gasteiger partial charge in [0.1, 0.15) is 12.3 Å². The van der Waals surface area contributed by atoms with Gasteiger partial charge in [-0.25, -0.2) is 0 Å². The Bertz CT molecular complexity index is 687. The number of aromatic nitrogens is 1. The fourth-order valence-corrected chi connectivity index (χ4v) is 2.10. The molecule has 1 aromatic heterocycles. The lowest BCUT2D eigenvalue weighted by molar-refractivity contribution is -0.117. The van der Waals surface area contributed by atoms with Gasteiger partial charge in [0.2, 0.25) is 5.91 Å². The zero-order chi connectivity index (χ0) is 17.0. The minimum Gasteiger partial charge on any atom is -0.360 e. The third-order valence-corrected chi connectivity index (χ3v) is 3.27. The van der Waals surface area contributed by atoms with Crippen molar-refractivity contribution in [3.8, 4) is 0 Å². The second kappa shape index (κ2) is 6.64. The zero-order valence-corrected chi connectivity index (χ0v) is 13.8. The summed E-state index contributed by atoms with van der Waals surface area (Å²) in [4.78, 5) is 26.5. The summed E-state index contributed by atoms with van der Waals surface area (Å²) in [5.74, 6) is 0.434. The quantitative estimate of drug-likeness (QED) is 0.941. The van der Waals surface area contributed by atoms with Crippen LogP contribution in [0, 0.1) is 6.92 Å². The molecular formula is C17H21N3O3. The standard InChI is InChI=1S/C17H21N3O3/c1-12-10-14(19-23-12)18-15(21)11-20(17(2,3)4)16(22)13-8-6-5-7-9-13/h5-10H,11H2,1-4H3,(H,18,19,21). The highest BCUT2D eigenvalue weighted by Gasteiger charge is 2.29. The van der Waals surface area contributed by atoms with Gasteiger partial charge in [0, 0.05) is 17.2 Å². The number of amides is 2. The van der Waals surface area contributed by atoms with E-state index in [1.54, 1.807) is 37.3 Å². The highest BCUT2D eigenvalue weighted by atomic mass is 16.5. The van der Waals surface area contributed by atoms with Crippen LogP contribution in [0.1, 0.15) is 36.9 Å². The maximum Gasteiger partial charge on any atom is 0.254 e. The van der Waals surface area contributed by atoms with Gasteiger partial charge in [-0.15, -0.1) is 0 Å². The number of rotatable bonds is 4. The molecule has 0 atom stereocenters. The molecule has 2 rings (SSSR count). The number of nitrogens with zero attached hydrogens (tertiary/aromatic N) is 2. The lowest BCUT2D eigenvalue weighted by atomic mass is 10.0. The summed E-state index contributed by atoms with van der Waals surface area (Å²) in [6.45, 7) is 7.34. The molecule has 122 valence electrons. The molecule has 0 aliphatic heterocycles. The van der Waals surface area contributed by atoms with Crippen LogP contribution in [0.15, 0.2) is 40.9 Å². The van der Waals surface area contributed by atoms with Crippen LogP contribution in [0.25, 0.3) is 0 Å². The van der Waals surface area contributed by atoms with E-state index in [9.17, 15) is 9.59 Å². The first kappa shape index (κ1) is 16.7. The second-order valence-corrected chi connectivity index (χ2v) is 6.30. The Labute approximate surface area is 135 Å². The Kier molecular flexibility index (Phi) is 4.83. The van der Waals surface area contributed by atoms with Crippen LogP contribution < -0.4 is 5.32 Å². The SMILES string of the molecule is Cc1cc(NC(=O)CN(C(=O)c2ccccc2)C(C)(C)C)no1. The highest BCUT2D eigenvalue weighted by molar-refractivity contribution is 5.99. The summed E-state index contributed by atoms with van der Waals surface area (Å²) >= 11 is 0. The van der Waals surface area contributed by atoms with Crippen molar-refractivity contribution in [1.29, 1.82) is 0 Å². The monoisotopic (exact) mass is 315 g/mol. The number of hydrogen-bond acceptors (Lipinski definition) is 4. The summed E-state index contributed by atoms with van der Waals surface area (Å²) < 4.78 is 4.91. The summed E-state index contributed by atoms with van der Waals surface area (Å²) in [6.07, 6.45) is 0. The van der Waals surface area contributed by atoms with Crippen molar-refractivity contribution in [2.75, 3.05) is 11.9 Å².